The highest BCUT2D eigenvalue weighted by atomic mass is 31.1. The van der Waals surface area contributed by atoms with Crippen LogP contribution in [0.5, 0.6) is 17.2 Å². The number of imidazole rings is 1. The highest BCUT2D eigenvalue weighted by Crippen LogP contribution is 2.50. The molecule has 0 radical (unpaired) electrons. The van der Waals surface area contributed by atoms with Gasteiger partial charge in [0.15, 0.2) is 23.2 Å². The lowest BCUT2D eigenvalue weighted by Crippen LogP contribution is -2.53. The summed E-state index contributed by atoms with van der Waals surface area (Å²) in [6.45, 7) is 13.1. The van der Waals surface area contributed by atoms with E-state index in [4.69, 9.17) is 42.4 Å². The molecule has 16 heteroatoms. The lowest BCUT2D eigenvalue weighted by Gasteiger charge is -2.45. The maximum absolute atomic E-state index is 14.4. The molecule has 1 aliphatic heterocycles. The zero-order chi connectivity index (χ0) is 48.7. The van der Waals surface area contributed by atoms with E-state index in [0.29, 0.717) is 34.0 Å². The molecule has 1 fully saturated rings. The van der Waals surface area contributed by atoms with Gasteiger partial charge in [-0.1, -0.05) is 133 Å². The lowest BCUT2D eigenvalue weighted by atomic mass is 9.80. The molecule has 5 aromatic carbocycles. The van der Waals surface area contributed by atoms with Crippen molar-refractivity contribution < 1.29 is 41.8 Å². The van der Waals surface area contributed by atoms with Crippen LogP contribution in [0.2, 0.25) is 16.6 Å². The summed E-state index contributed by atoms with van der Waals surface area (Å²) in [5, 5.41) is 2.92. The monoisotopic (exact) mass is 969 g/mol. The number of fused-ring (bicyclic) bond motifs is 1. The van der Waals surface area contributed by atoms with Crippen LogP contribution in [0.25, 0.3) is 11.2 Å². The standard InChI is InChI=1S/C53H60N5O9PSi/c1-35(2)69(36(3)4,37(5)6)67-48-47(66-68(60)65-44-22-16-11-17-23-44)45(64-52(48)58-34-56-46-49(54-33-55-50(46)58)57-51(59)38-18-12-9-13-19-38)32-63-53(39-20-14-10-15-21-39,40-24-28-42(61-7)29-25-40)41-26-30-43(62-8)31-27-41/h9-31,33-37,45,47-48,52,68H,32H2,1-8H3,(H,54,55,57,59)/t45-,47+,48-,52-/m1/s1. The van der Waals surface area contributed by atoms with Crippen molar-refractivity contribution in [1.82, 2.24) is 19.5 Å². The second-order valence-corrected chi connectivity index (χ2v) is 24.2. The number of anilines is 1. The molecule has 2 aromatic heterocycles. The van der Waals surface area contributed by atoms with E-state index in [9.17, 15) is 9.36 Å². The summed E-state index contributed by atoms with van der Waals surface area (Å²) >= 11 is 0. The van der Waals surface area contributed by atoms with Crippen LogP contribution in [0.3, 0.4) is 0 Å². The number of ether oxygens (including phenoxy) is 4. The van der Waals surface area contributed by atoms with Gasteiger partial charge in [-0.3, -0.25) is 13.9 Å². The van der Waals surface area contributed by atoms with Crippen molar-refractivity contribution in [3.05, 3.63) is 174 Å². The van der Waals surface area contributed by atoms with Crippen molar-refractivity contribution in [3.63, 3.8) is 0 Å². The van der Waals surface area contributed by atoms with Crippen LogP contribution in [0.4, 0.5) is 5.82 Å². The van der Waals surface area contributed by atoms with Gasteiger partial charge < -0.3 is 33.2 Å². The number of hydrogen-bond donors (Lipinski definition) is 1. The van der Waals surface area contributed by atoms with Gasteiger partial charge in [0.2, 0.25) is 8.32 Å². The summed E-state index contributed by atoms with van der Waals surface area (Å²) in [5.41, 5.74) is 2.83. The van der Waals surface area contributed by atoms with Gasteiger partial charge in [0.05, 0.1) is 27.2 Å². The molecule has 0 bridgehead atoms. The summed E-state index contributed by atoms with van der Waals surface area (Å²) in [6.07, 6.45) is -0.820. The third-order valence-electron chi connectivity index (χ3n) is 13.0. The number of hydrogen-bond acceptors (Lipinski definition) is 12. The third-order valence-corrected chi connectivity index (χ3v) is 20.0. The van der Waals surface area contributed by atoms with Crippen molar-refractivity contribution in [3.8, 4) is 17.2 Å². The Morgan fingerprint density at radius 3 is 1.78 bits per heavy atom. The Morgan fingerprint density at radius 1 is 0.696 bits per heavy atom. The van der Waals surface area contributed by atoms with Crippen LogP contribution >= 0.6 is 8.25 Å². The van der Waals surface area contributed by atoms with Crippen molar-refractivity contribution in [2.24, 2.45) is 0 Å². The molecule has 69 heavy (non-hydrogen) atoms. The highest BCUT2D eigenvalue weighted by molar-refractivity contribution is 7.33. The van der Waals surface area contributed by atoms with E-state index in [1.165, 1.54) is 6.33 Å². The minimum atomic E-state index is -3.28. The summed E-state index contributed by atoms with van der Waals surface area (Å²) in [4.78, 5) is 27.3. The second kappa shape index (κ2) is 21.6. The Labute approximate surface area is 405 Å². The van der Waals surface area contributed by atoms with Gasteiger partial charge in [-0.15, -0.1) is 0 Å². The average Bonchev–Trinajstić information content (AvgIpc) is 3.95. The molecule has 1 saturated heterocycles. The Balaban J connectivity index is 1.28. The van der Waals surface area contributed by atoms with E-state index in [0.717, 1.165) is 16.7 Å². The van der Waals surface area contributed by atoms with Gasteiger partial charge in [0.25, 0.3) is 5.91 Å². The fourth-order valence-electron chi connectivity index (χ4n) is 9.88. The lowest BCUT2D eigenvalue weighted by molar-refractivity contribution is -0.0920. The number of amides is 1. The van der Waals surface area contributed by atoms with E-state index in [-0.39, 0.29) is 35.0 Å². The number of nitrogens with one attached hydrogen (secondary N) is 1. The average molecular weight is 970 g/mol. The molecular formula is C53H60N5O9PSi. The molecule has 14 nitrogen and oxygen atoms in total. The number of carbonyl (C=O) groups excluding carboxylic acids is 1. The Morgan fingerprint density at radius 2 is 1.23 bits per heavy atom. The fourth-order valence-corrected chi connectivity index (χ4v) is 16.3. The topological polar surface area (TPSA) is 154 Å². The molecule has 1 aliphatic rings. The van der Waals surface area contributed by atoms with Crippen LogP contribution in [0.15, 0.2) is 152 Å². The predicted octanol–water partition coefficient (Wildman–Crippen LogP) is 11.4. The molecular weight excluding hydrogens is 910 g/mol. The van der Waals surface area contributed by atoms with Gasteiger partial charge in [-0.2, -0.15) is 0 Å². The van der Waals surface area contributed by atoms with Gasteiger partial charge in [-0.05, 0) is 81.8 Å². The molecule has 1 unspecified atom stereocenters. The molecule has 1 N–H and O–H groups in total. The second-order valence-electron chi connectivity index (χ2n) is 17.9. The molecule has 5 atom stereocenters. The van der Waals surface area contributed by atoms with E-state index in [1.807, 2.05) is 91.0 Å². The maximum Gasteiger partial charge on any atom is 0.368 e. The van der Waals surface area contributed by atoms with E-state index < -0.39 is 46.7 Å². The predicted molar refractivity (Wildman–Crippen MR) is 269 cm³/mol. The molecule has 7 aromatic rings. The van der Waals surface area contributed by atoms with Crippen molar-refractivity contribution in [2.75, 3.05) is 26.1 Å². The van der Waals surface area contributed by atoms with Crippen molar-refractivity contribution in [1.29, 1.82) is 0 Å². The molecule has 0 saturated carbocycles. The minimum Gasteiger partial charge on any atom is -0.497 e. The van der Waals surface area contributed by atoms with Crippen LogP contribution in [-0.4, -0.2) is 72.9 Å². The van der Waals surface area contributed by atoms with Crippen LogP contribution in [-0.2, 0) is 28.6 Å². The van der Waals surface area contributed by atoms with E-state index in [2.05, 4.69) is 51.8 Å². The number of benzene rings is 5. The number of aromatic nitrogens is 4. The van der Waals surface area contributed by atoms with Gasteiger partial charge in [0.1, 0.15) is 47.5 Å². The molecule has 0 aliphatic carbocycles. The Hall–Kier alpha value is -6.19. The quantitative estimate of drug-likeness (QED) is 0.0439. The normalized spacial score (nSPS) is 17.9. The Kier molecular flexibility index (Phi) is 15.4. The summed E-state index contributed by atoms with van der Waals surface area (Å²) in [7, 11) is -2.82. The number of para-hydroxylation sites is 1. The first kappa shape index (κ1) is 49.2. The van der Waals surface area contributed by atoms with Gasteiger partial charge in [-0.25, -0.2) is 19.5 Å². The van der Waals surface area contributed by atoms with Crippen LogP contribution in [0.1, 0.15) is 74.8 Å². The van der Waals surface area contributed by atoms with E-state index >= 15 is 0 Å². The summed E-state index contributed by atoms with van der Waals surface area (Å²) in [5.74, 6) is 1.62. The minimum absolute atomic E-state index is 0.0892. The zero-order valence-corrected chi connectivity index (χ0v) is 42.1. The van der Waals surface area contributed by atoms with E-state index in [1.54, 1.807) is 73.6 Å². The third kappa shape index (κ3) is 10.1. The summed E-state index contributed by atoms with van der Waals surface area (Å²) < 4.78 is 62.5. The van der Waals surface area contributed by atoms with Crippen LogP contribution < -0.4 is 19.3 Å². The molecule has 1 amide bonds. The number of carbonyl (C=O) groups is 1. The number of methoxy groups -OCH3 is 2. The fraction of sp³-hybridized carbons (Fsp3) is 0.321. The molecule has 8 rings (SSSR count). The zero-order valence-electron chi connectivity index (χ0n) is 40.1. The summed E-state index contributed by atoms with van der Waals surface area (Å²) in [6, 6.07) is 43.3. The first-order valence-electron chi connectivity index (χ1n) is 23.2. The highest BCUT2D eigenvalue weighted by Gasteiger charge is 2.56. The maximum atomic E-state index is 14.4. The Bertz CT molecular complexity index is 2730. The smallest absolute Gasteiger partial charge is 0.368 e. The largest absolute Gasteiger partial charge is 0.497 e. The first-order valence-corrected chi connectivity index (χ1v) is 26.5. The SMILES string of the molecule is COc1ccc(C(OC[C@H]2O[C@@H](n3cnc4c(NC(=O)c5ccccc5)ncnc43)[C@H](O[Si](C(C)C)(C(C)C)C(C)C)[C@H]2O[PH](=O)Oc2ccccc2)(c2ccccc2)c2ccc(OC)cc2)cc1. The first-order chi connectivity index (χ1) is 33.4. The van der Waals surface area contributed by atoms with Gasteiger partial charge in [0, 0.05) is 5.56 Å². The molecule has 360 valence electrons. The van der Waals surface area contributed by atoms with Crippen molar-refractivity contribution >= 4 is 39.5 Å². The van der Waals surface area contributed by atoms with Gasteiger partial charge >= 0.3 is 8.25 Å². The molecule has 0 spiro atoms. The van der Waals surface area contributed by atoms with Crippen molar-refractivity contribution in [2.45, 2.75) is 88.3 Å². The number of rotatable bonds is 20. The van der Waals surface area contributed by atoms with Crippen LogP contribution in [0, 0.1) is 0 Å². The molecule has 3 heterocycles. The number of nitrogens with zero attached hydrogens (tertiary/aromatic N) is 4.